The van der Waals surface area contributed by atoms with Gasteiger partial charge in [-0.25, -0.2) is 9.97 Å². The quantitative estimate of drug-likeness (QED) is 0.242. The second-order valence-electron chi connectivity index (χ2n) is 7.62. The van der Waals surface area contributed by atoms with E-state index < -0.39 is 0 Å². The van der Waals surface area contributed by atoms with Gasteiger partial charge in [-0.05, 0) is 74.3 Å². The predicted octanol–water partition coefficient (Wildman–Crippen LogP) is 7.04. The highest BCUT2D eigenvalue weighted by molar-refractivity contribution is 7.99. The SMILES string of the molecule is CCN(CC)CCCCNc1nc2cc(Sc3ccccc3)ccc2nc1-c1cccs1. The lowest BCUT2D eigenvalue weighted by Crippen LogP contribution is -2.24. The molecular weight excluding hydrogens is 432 g/mol. The van der Waals surface area contributed by atoms with E-state index in [1.165, 1.54) is 16.2 Å². The van der Waals surface area contributed by atoms with Gasteiger partial charge >= 0.3 is 0 Å². The molecule has 0 fully saturated rings. The van der Waals surface area contributed by atoms with Crippen molar-refractivity contribution in [1.82, 2.24) is 14.9 Å². The van der Waals surface area contributed by atoms with Gasteiger partial charge in [0.15, 0.2) is 5.82 Å². The second kappa shape index (κ2) is 11.5. The Balaban J connectivity index is 1.53. The molecule has 0 saturated carbocycles. The fourth-order valence-corrected chi connectivity index (χ4v) is 5.22. The molecule has 2 aromatic carbocycles. The fraction of sp³-hybridized carbons (Fsp3) is 0.308. The summed E-state index contributed by atoms with van der Waals surface area (Å²) < 4.78 is 0. The van der Waals surface area contributed by atoms with Crippen molar-refractivity contribution in [2.75, 3.05) is 31.5 Å². The highest BCUT2D eigenvalue weighted by atomic mass is 32.2. The molecule has 0 spiro atoms. The van der Waals surface area contributed by atoms with E-state index in [2.05, 4.69) is 84.0 Å². The van der Waals surface area contributed by atoms with Crippen molar-refractivity contribution in [3.8, 4) is 10.6 Å². The van der Waals surface area contributed by atoms with E-state index in [0.29, 0.717) is 0 Å². The minimum absolute atomic E-state index is 0.879. The number of unbranched alkanes of at least 4 members (excludes halogenated alkanes) is 1. The Morgan fingerprint density at radius 2 is 1.72 bits per heavy atom. The molecule has 32 heavy (non-hydrogen) atoms. The molecule has 4 nitrogen and oxygen atoms in total. The number of benzene rings is 2. The molecule has 0 unspecified atom stereocenters. The summed E-state index contributed by atoms with van der Waals surface area (Å²) in [6.45, 7) is 8.74. The van der Waals surface area contributed by atoms with E-state index in [4.69, 9.17) is 9.97 Å². The number of anilines is 1. The highest BCUT2D eigenvalue weighted by Crippen LogP contribution is 2.33. The summed E-state index contributed by atoms with van der Waals surface area (Å²) in [5.74, 6) is 0.879. The highest BCUT2D eigenvalue weighted by Gasteiger charge is 2.13. The zero-order valence-corrected chi connectivity index (χ0v) is 20.4. The van der Waals surface area contributed by atoms with Crippen LogP contribution in [-0.2, 0) is 0 Å². The first-order chi connectivity index (χ1) is 15.8. The van der Waals surface area contributed by atoms with Gasteiger partial charge in [0.2, 0.25) is 0 Å². The number of aromatic nitrogens is 2. The van der Waals surface area contributed by atoms with Crippen LogP contribution in [0.5, 0.6) is 0 Å². The standard InChI is InChI=1S/C26H30N4S2/c1-3-30(4-2)17-9-8-16-27-26-25(24-13-10-18-31-24)28-22-15-14-21(19-23(22)29-26)32-20-11-6-5-7-12-20/h5-7,10-15,18-19H,3-4,8-9,16-17H2,1-2H3,(H,27,29). The molecule has 2 heterocycles. The first-order valence-electron chi connectivity index (χ1n) is 11.3. The molecule has 0 aliphatic carbocycles. The fourth-order valence-electron chi connectivity index (χ4n) is 3.64. The van der Waals surface area contributed by atoms with E-state index in [0.717, 1.165) is 60.0 Å². The normalized spacial score (nSPS) is 11.3. The number of nitrogens with zero attached hydrogens (tertiary/aromatic N) is 3. The smallest absolute Gasteiger partial charge is 0.154 e. The second-order valence-corrected chi connectivity index (χ2v) is 9.72. The van der Waals surface area contributed by atoms with E-state index in [-0.39, 0.29) is 0 Å². The van der Waals surface area contributed by atoms with Crippen LogP contribution >= 0.6 is 23.1 Å². The average Bonchev–Trinajstić information content (AvgIpc) is 3.36. The molecule has 166 valence electrons. The van der Waals surface area contributed by atoms with Crippen LogP contribution in [0, 0.1) is 0 Å². The van der Waals surface area contributed by atoms with E-state index in [9.17, 15) is 0 Å². The Kier molecular flexibility index (Phi) is 8.15. The Bertz CT molecular complexity index is 1110. The zero-order chi connectivity index (χ0) is 22.2. The van der Waals surface area contributed by atoms with Gasteiger partial charge in [-0.3, -0.25) is 0 Å². The molecule has 0 bridgehead atoms. The molecule has 6 heteroatoms. The van der Waals surface area contributed by atoms with Crippen LogP contribution in [0.1, 0.15) is 26.7 Å². The summed E-state index contributed by atoms with van der Waals surface area (Å²) in [5.41, 5.74) is 2.80. The molecule has 0 saturated heterocycles. The van der Waals surface area contributed by atoms with E-state index in [1.807, 2.05) is 6.07 Å². The summed E-state index contributed by atoms with van der Waals surface area (Å²) in [7, 11) is 0. The minimum Gasteiger partial charge on any atom is -0.368 e. The van der Waals surface area contributed by atoms with Gasteiger partial charge in [-0.15, -0.1) is 11.3 Å². The lowest BCUT2D eigenvalue weighted by molar-refractivity contribution is 0.298. The van der Waals surface area contributed by atoms with Crippen LogP contribution in [0.2, 0.25) is 0 Å². The van der Waals surface area contributed by atoms with Crippen LogP contribution in [0.25, 0.3) is 21.6 Å². The molecule has 4 aromatic rings. The van der Waals surface area contributed by atoms with Gasteiger partial charge in [0.25, 0.3) is 0 Å². The molecule has 0 aliphatic rings. The van der Waals surface area contributed by atoms with Crippen molar-refractivity contribution in [3.63, 3.8) is 0 Å². The Morgan fingerprint density at radius 3 is 2.47 bits per heavy atom. The lowest BCUT2D eigenvalue weighted by Gasteiger charge is -2.17. The number of hydrogen-bond donors (Lipinski definition) is 1. The van der Waals surface area contributed by atoms with Crippen LogP contribution in [0.15, 0.2) is 75.8 Å². The van der Waals surface area contributed by atoms with Crippen LogP contribution in [-0.4, -0.2) is 41.0 Å². The van der Waals surface area contributed by atoms with Gasteiger partial charge in [0, 0.05) is 16.3 Å². The first-order valence-corrected chi connectivity index (χ1v) is 13.0. The summed E-state index contributed by atoms with van der Waals surface area (Å²) in [6, 6.07) is 21.0. The summed E-state index contributed by atoms with van der Waals surface area (Å²) in [5, 5.41) is 5.67. The monoisotopic (exact) mass is 462 g/mol. The molecular formula is C26H30N4S2. The summed E-state index contributed by atoms with van der Waals surface area (Å²) in [6.07, 6.45) is 2.30. The van der Waals surface area contributed by atoms with Crippen LogP contribution < -0.4 is 5.32 Å². The van der Waals surface area contributed by atoms with Gasteiger partial charge < -0.3 is 10.2 Å². The number of nitrogens with one attached hydrogen (secondary N) is 1. The molecule has 0 aliphatic heterocycles. The Labute approximate surface area is 199 Å². The maximum atomic E-state index is 5.01. The molecule has 2 aromatic heterocycles. The zero-order valence-electron chi connectivity index (χ0n) is 18.8. The van der Waals surface area contributed by atoms with Crippen molar-refractivity contribution in [2.45, 2.75) is 36.5 Å². The molecule has 1 N–H and O–H groups in total. The van der Waals surface area contributed by atoms with Gasteiger partial charge in [-0.1, -0.05) is 49.9 Å². The Morgan fingerprint density at radius 1 is 0.875 bits per heavy atom. The maximum Gasteiger partial charge on any atom is 0.154 e. The number of hydrogen-bond acceptors (Lipinski definition) is 6. The first kappa shape index (κ1) is 22.8. The lowest BCUT2D eigenvalue weighted by atomic mass is 10.2. The average molecular weight is 463 g/mol. The van der Waals surface area contributed by atoms with Crippen LogP contribution in [0.4, 0.5) is 5.82 Å². The summed E-state index contributed by atoms with van der Waals surface area (Å²) in [4.78, 5) is 16.0. The molecule has 4 rings (SSSR count). The predicted molar refractivity (Wildman–Crippen MR) is 139 cm³/mol. The number of fused-ring (bicyclic) bond motifs is 1. The Hall–Kier alpha value is -2.41. The number of rotatable bonds is 11. The maximum absolute atomic E-state index is 5.01. The number of thiophene rings is 1. The van der Waals surface area contributed by atoms with Crippen molar-refractivity contribution in [3.05, 3.63) is 66.0 Å². The van der Waals surface area contributed by atoms with Crippen molar-refractivity contribution in [2.24, 2.45) is 0 Å². The molecule has 0 amide bonds. The van der Waals surface area contributed by atoms with Gasteiger partial charge in [-0.2, -0.15) is 0 Å². The van der Waals surface area contributed by atoms with E-state index in [1.54, 1.807) is 23.1 Å². The van der Waals surface area contributed by atoms with Crippen LogP contribution in [0.3, 0.4) is 0 Å². The molecule has 0 radical (unpaired) electrons. The largest absolute Gasteiger partial charge is 0.368 e. The van der Waals surface area contributed by atoms with Crippen molar-refractivity contribution in [1.29, 1.82) is 0 Å². The van der Waals surface area contributed by atoms with Gasteiger partial charge in [0.05, 0.1) is 15.9 Å². The third-order valence-corrected chi connectivity index (χ3v) is 7.33. The van der Waals surface area contributed by atoms with E-state index >= 15 is 0 Å². The van der Waals surface area contributed by atoms with Gasteiger partial charge in [0.1, 0.15) is 5.69 Å². The summed E-state index contributed by atoms with van der Waals surface area (Å²) >= 11 is 3.45. The topological polar surface area (TPSA) is 41.0 Å². The molecule has 0 atom stereocenters. The van der Waals surface area contributed by atoms with Crippen molar-refractivity contribution < 1.29 is 0 Å². The van der Waals surface area contributed by atoms with Crippen molar-refractivity contribution >= 4 is 39.9 Å². The third-order valence-electron chi connectivity index (χ3n) is 5.46. The minimum atomic E-state index is 0.879. The third kappa shape index (κ3) is 5.88.